The van der Waals surface area contributed by atoms with Crippen LogP contribution in [-0.2, 0) is 22.6 Å². The minimum absolute atomic E-state index is 0.0465. The zero-order chi connectivity index (χ0) is 23.5. The van der Waals surface area contributed by atoms with Crippen LogP contribution in [-0.4, -0.2) is 43.0 Å². The fourth-order valence-electron chi connectivity index (χ4n) is 3.57. The van der Waals surface area contributed by atoms with Gasteiger partial charge in [-0.2, -0.15) is 0 Å². The van der Waals surface area contributed by atoms with Crippen LogP contribution in [0.15, 0.2) is 48.5 Å². The molecule has 2 rings (SSSR count). The van der Waals surface area contributed by atoms with Crippen molar-refractivity contribution >= 4 is 11.8 Å². The van der Waals surface area contributed by atoms with Crippen molar-refractivity contribution in [2.75, 3.05) is 14.2 Å². The number of ether oxygens (including phenoxy) is 2. The molecule has 2 amide bonds. The van der Waals surface area contributed by atoms with Crippen LogP contribution in [0.1, 0.15) is 51.2 Å². The Balaban J connectivity index is 2.20. The summed E-state index contributed by atoms with van der Waals surface area (Å²) < 4.78 is 10.7. The number of hydrogen-bond acceptors (Lipinski definition) is 4. The molecule has 0 saturated heterocycles. The molecule has 0 fully saturated rings. The summed E-state index contributed by atoms with van der Waals surface area (Å²) in [5.74, 6) is 1.14. The van der Waals surface area contributed by atoms with E-state index in [4.69, 9.17) is 9.47 Å². The van der Waals surface area contributed by atoms with Gasteiger partial charge in [0.1, 0.15) is 6.04 Å². The average molecular weight is 441 g/mol. The van der Waals surface area contributed by atoms with Crippen LogP contribution in [0.3, 0.4) is 0 Å². The molecule has 0 heterocycles. The summed E-state index contributed by atoms with van der Waals surface area (Å²) in [6.45, 7) is 6.35. The van der Waals surface area contributed by atoms with Crippen LogP contribution >= 0.6 is 0 Å². The molecular weight excluding hydrogens is 404 g/mol. The van der Waals surface area contributed by atoms with Crippen molar-refractivity contribution in [3.8, 4) is 11.5 Å². The molecule has 0 saturated carbocycles. The van der Waals surface area contributed by atoms with Crippen molar-refractivity contribution in [3.63, 3.8) is 0 Å². The quantitative estimate of drug-likeness (QED) is 0.533. The maximum Gasteiger partial charge on any atom is 0.243 e. The molecule has 0 aliphatic heterocycles. The van der Waals surface area contributed by atoms with E-state index in [1.807, 2.05) is 69.3 Å². The third-order valence-corrected chi connectivity index (χ3v) is 5.66. The summed E-state index contributed by atoms with van der Waals surface area (Å²) in [6, 6.07) is 15.0. The molecule has 6 heteroatoms. The smallest absolute Gasteiger partial charge is 0.243 e. The van der Waals surface area contributed by atoms with E-state index in [-0.39, 0.29) is 17.9 Å². The number of carbonyl (C=O) groups is 2. The van der Waals surface area contributed by atoms with Crippen molar-refractivity contribution in [1.29, 1.82) is 0 Å². The van der Waals surface area contributed by atoms with Gasteiger partial charge in [0.2, 0.25) is 11.8 Å². The Morgan fingerprint density at radius 1 is 0.938 bits per heavy atom. The summed E-state index contributed by atoms with van der Waals surface area (Å²) in [6.07, 6.45) is 2.24. The van der Waals surface area contributed by atoms with E-state index < -0.39 is 6.04 Å². The highest BCUT2D eigenvalue weighted by Crippen LogP contribution is 2.28. The summed E-state index contributed by atoms with van der Waals surface area (Å²) in [7, 11) is 3.19. The minimum Gasteiger partial charge on any atom is -0.493 e. The second-order valence-electron chi connectivity index (χ2n) is 7.94. The Morgan fingerprint density at radius 3 is 2.22 bits per heavy atom. The van der Waals surface area contributed by atoms with Gasteiger partial charge in [-0.3, -0.25) is 9.59 Å². The molecule has 0 bridgehead atoms. The van der Waals surface area contributed by atoms with Gasteiger partial charge in [-0.15, -0.1) is 0 Å². The predicted molar refractivity (Wildman–Crippen MR) is 127 cm³/mol. The van der Waals surface area contributed by atoms with Crippen LogP contribution < -0.4 is 14.8 Å². The summed E-state index contributed by atoms with van der Waals surface area (Å²) in [5, 5.41) is 3.04. The van der Waals surface area contributed by atoms with Crippen LogP contribution in [0.25, 0.3) is 0 Å². The van der Waals surface area contributed by atoms with Gasteiger partial charge in [-0.1, -0.05) is 50.2 Å². The zero-order valence-electron chi connectivity index (χ0n) is 19.9. The fraction of sp³-hybridized carbons (Fsp3) is 0.462. The number of rotatable bonds is 12. The van der Waals surface area contributed by atoms with E-state index in [0.29, 0.717) is 37.3 Å². The summed E-state index contributed by atoms with van der Waals surface area (Å²) in [5.41, 5.74) is 1.98. The molecule has 2 aromatic rings. The van der Waals surface area contributed by atoms with Gasteiger partial charge in [-0.25, -0.2) is 0 Å². The summed E-state index contributed by atoms with van der Waals surface area (Å²) in [4.78, 5) is 28.0. The summed E-state index contributed by atoms with van der Waals surface area (Å²) >= 11 is 0. The van der Waals surface area contributed by atoms with E-state index in [2.05, 4.69) is 5.32 Å². The Labute approximate surface area is 191 Å². The van der Waals surface area contributed by atoms with Crippen LogP contribution in [0.4, 0.5) is 0 Å². The van der Waals surface area contributed by atoms with Gasteiger partial charge in [0.15, 0.2) is 11.5 Å². The zero-order valence-corrected chi connectivity index (χ0v) is 19.9. The van der Waals surface area contributed by atoms with Crippen molar-refractivity contribution in [2.45, 2.75) is 65.1 Å². The average Bonchev–Trinajstić information content (AvgIpc) is 2.82. The minimum atomic E-state index is -0.512. The van der Waals surface area contributed by atoms with Crippen molar-refractivity contribution in [1.82, 2.24) is 10.2 Å². The molecule has 6 nitrogen and oxygen atoms in total. The van der Waals surface area contributed by atoms with Crippen molar-refractivity contribution < 1.29 is 19.1 Å². The van der Waals surface area contributed by atoms with E-state index in [0.717, 1.165) is 17.5 Å². The monoisotopic (exact) mass is 440 g/mol. The molecule has 0 unspecified atom stereocenters. The normalized spacial score (nSPS) is 12.5. The van der Waals surface area contributed by atoms with Gasteiger partial charge in [0.05, 0.1) is 14.2 Å². The number of hydrogen-bond donors (Lipinski definition) is 1. The molecule has 0 aliphatic carbocycles. The Morgan fingerprint density at radius 2 is 1.62 bits per heavy atom. The number of amides is 2. The Hall–Kier alpha value is -3.02. The molecule has 1 N–H and O–H groups in total. The first kappa shape index (κ1) is 25.2. The third kappa shape index (κ3) is 7.01. The van der Waals surface area contributed by atoms with Crippen molar-refractivity contribution in [3.05, 3.63) is 59.7 Å². The number of aryl methyl sites for hydroxylation is 1. The lowest BCUT2D eigenvalue weighted by molar-refractivity contribution is -0.141. The largest absolute Gasteiger partial charge is 0.493 e. The number of methoxy groups -OCH3 is 2. The lowest BCUT2D eigenvalue weighted by Gasteiger charge is -2.31. The van der Waals surface area contributed by atoms with Crippen LogP contribution in [0.2, 0.25) is 0 Å². The van der Waals surface area contributed by atoms with E-state index in [1.165, 1.54) is 0 Å². The lowest BCUT2D eigenvalue weighted by atomic mass is 10.1. The molecule has 0 aliphatic rings. The maximum absolute atomic E-state index is 13.3. The van der Waals surface area contributed by atoms with Gasteiger partial charge >= 0.3 is 0 Å². The van der Waals surface area contributed by atoms with Gasteiger partial charge < -0.3 is 19.7 Å². The van der Waals surface area contributed by atoms with Gasteiger partial charge in [0.25, 0.3) is 0 Å². The Kier molecular flexibility index (Phi) is 10.1. The maximum atomic E-state index is 13.3. The molecule has 32 heavy (non-hydrogen) atoms. The third-order valence-electron chi connectivity index (χ3n) is 5.66. The van der Waals surface area contributed by atoms with E-state index in [1.54, 1.807) is 19.1 Å². The molecule has 0 radical (unpaired) electrons. The standard InChI is InChI=1S/C26H36N2O4/c1-6-19(3)27-26(30)22(7-2)28(18-21-11-9-8-10-12-21)25(29)16-14-20-13-15-23(31-4)24(17-20)32-5/h8-13,15,17,19,22H,6-7,14,16,18H2,1-5H3,(H,27,30)/t19-,22-/m1/s1. The lowest BCUT2D eigenvalue weighted by Crippen LogP contribution is -2.50. The first-order chi connectivity index (χ1) is 15.4. The SMILES string of the molecule is CC[C@@H](C)NC(=O)[C@@H](CC)N(Cc1ccccc1)C(=O)CCc1ccc(OC)c(OC)c1. The first-order valence-corrected chi connectivity index (χ1v) is 11.3. The highest BCUT2D eigenvalue weighted by molar-refractivity contribution is 5.88. The number of benzene rings is 2. The highest BCUT2D eigenvalue weighted by Gasteiger charge is 2.29. The van der Waals surface area contributed by atoms with E-state index >= 15 is 0 Å². The van der Waals surface area contributed by atoms with Gasteiger partial charge in [0, 0.05) is 19.0 Å². The molecule has 0 spiro atoms. The second-order valence-corrected chi connectivity index (χ2v) is 7.94. The van der Waals surface area contributed by atoms with Crippen LogP contribution in [0, 0.1) is 0 Å². The number of nitrogens with one attached hydrogen (secondary N) is 1. The van der Waals surface area contributed by atoms with E-state index in [9.17, 15) is 9.59 Å². The second kappa shape index (κ2) is 12.7. The Bertz CT molecular complexity index is 869. The molecule has 0 aromatic heterocycles. The van der Waals surface area contributed by atoms with Gasteiger partial charge in [-0.05, 0) is 49.4 Å². The predicted octanol–water partition coefficient (Wildman–Crippen LogP) is 4.36. The fourth-order valence-corrected chi connectivity index (χ4v) is 3.57. The molecule has 2 aromatic carbocycles. The number of nitrogens with zero attached hydrogens (tertiary/aromatic N) is 1. The molecule has 2 atom stereocenters. The molecule has 174 valence electrons. The highest BCUT2D eigenvalue weighted by atomic mass is 16.5. The molecular formula is C26H36N2O4. The first-order valence-electron chi connectivity index (χ1n) is 11.3. The number of carbonyl (C=O) groups excluding carboxylic acids is 2. The topological polar surface area (TPSA) is 67.9 Å². The van der Waals surface area contributed by atoms with Crippen LogP contribution in [0.5, 0.6) is 11.5 Å². The van der Waals surface area contributed by atoms with Crippen molar-refractivity contribution in [2.24, 2.45) is 0 Å².